The van der Waals surface area contributed by atoms with Crippen molar-refractivity contribution >= 4 is 37.7 Å². The van der Waals surface area contributed by atoms with Gasteiger partial charge in [-0.1, -0.05) is 0 Å². The van der Waals surface area contributed by atoms with E-state index in [1.54, 1.807) is 12.4 Å². The Hall–Kier alpha value is -0.980. The summed E-state index contributed by atoms with van der Waals surface area (Å²) >= 11 is 6.83. The molecular weight excluding hydrogens is 360 g/mol. The molecule has 2 aromatic rings. The van der Waals surface area contributed by atoms with E-state index in [1.807, 2.05) is 18.2 Å². The van der Waals surface area contributed by atoms with Crippen molar-refractivity contribution in [3.8, 4) is 0 Å². The number of hydrogen-bond donors (Lipinski definition) is 2. The minimum absolute atomic E-state index is 0.186. The number of hydrogen-bond acceptors (Lipinski definition) is 4. The zero-order chi connectivity index (χ0) is 13.1. The third-order valence-corrected chi connectivity index (χ3v) is 3.56. The first-order chi connectivity index (χ1) is 8.56. The molecule has 0 aliphatic carbocycles. The van der Waals surface area contributed by atoms with Crippen LogP contribution in [0.4, 0.5) is 5.82 Å². The smallest absolute Gasteiger partial charge is 0.123 e. The van der Waals surface area contributed by atoms with Crippen molar-refractivity contribution in [1.29, 1.82) is 0 Å². The van der Waals surface area contributed by atoms with Gasteiger partial charge in [0.1, 0.15) is 5.82 Å². The summed E-state index contributed by atoms with van der Waals surface area (Å²) in [5, 5.41) is 0. The molecule has 2 aromatic heterocycles. The third-order valence-electron chi connectivity index (χ3n) is 2.49. The number of nitrogen functional groups attached to an aromatic ring is 1. The second-order valence-corrected chi connectivity index (χ2v) is 5.69. The second kappa shape index (κ2) is 5.77. The van der Waals surface area contributed by atoms with Gasteiger partial charge >= 0.3 is 0 Å². The standard InChI is InChI=1S/C12H12Br2N4/c13-8-5-9(14)12(18-6-8)10(15)3-7-1-2-17-11(16)4-7/h1-2,4-6,10H,3,15H2,(H2,16,17). The van der Waals surface area contributed by atoms with Gasteiger partial charge in [-0.15, -0.1) is 0 Å². The first-order valence-corrected chi connectivity index (χ1v) is 6.92. The van der Waals surface area contributed by atoms with Crippen molar-refractivity contribution in [2.45, 2.75) is 12.5 Å². The van der Waals surface area contributed by atoms with E-state index in [2.05, 4.69) is 41.8 Å². The van der Waals surface area contributed by atoms with Crippen LogP contribution in [0.3, 0.4) is 0 Å². The molecule has 1 unspecified atom stereocenters. The molecule has 0 aromatic carbocycles. The van der Waals surface area contributed by atoms with E-state index in [9.17, 15) is 0 Å². The Morgan fingerprint density at radius 2 is 2.00 bits per heavy atom. The van der Waals surface area contributed by atoms with E-state index in [1.165, 1.54) is 0 Å². The van der Waals surface area contributed by atoms with Crippen molar-refractivity contribution in [3.63, 3.8) is 0 Å². The van der Waals surface area contributed by atoms with Crippen LogP contribution < -0.4 is 11.5 Å². The molecule has 2 heterocycles. The highest BCUT2D eigenvalue weighted by atomic mass is 79.9. The summed E-state index contributed by atoms with van der Waals surface area (Å²) in [5.74, 6) is 0.502. The summed E-state index contributed by atoms with van der Waals surface area (Å²) in [5.41, 5.74) is 13.7. The van der Waals surface area contributed by atoms with Crippen molar-refractivity contribution in [2.24, 2.45) is 5.73 Å². The SMILES string of the molecule is Nc1cc(CC(N)c2ncc(Br)cc2Br)ccn1. The molecule has 0 saturated carbocycles. The van der Waals surface area contributed by atoms with Crippen molar-refractivity contribution in [3.05, 3.63) is 50.8 Å². The van der Waals surface area contributed by atoms with E-state index >= 15 is 0 Å². The molecule has 4 nitrogen and oxygen atoms in total. The molecule has 1 atom stereocenters. The summed E-state index contributed by atoms with van der Waals surface area (Å²) in [4.78, 5) is 8.29. The Morgan fingerprint density at radius 3 is 2.67 bits per heavy atom. The maximum atomic E-state index is 6.16. The molecule has 4 N–H and O–H groups in total. The normalized spacial score (nSPS) is 12.4. The summed E-state index contributed by atoms with van der Waals surface area (Å²) in [6.45, 7) is 0. The highest BCUT2D eigenvalue weighted by molar-refractivity contribution is 9.11. The van der Waals surface area contributed by atoms with Crippen LogP contribution in [-0.4, -0.2) is 9.97 Å². The number of rotatable bonds is 3. The predicted octanol–water partition coefficient (Wildman–Crippen LogP) is 2.83. The van der Waals surface area contributed by atoms with Gasteiger partial charge in [-0.3, -0.25) is 4.98 Å². The molecule has 2 rings (SSSR count). The van der Waals surface area contributed by atoms with Crippen LogP contribution in [-0.2, 0) is 6.42 Å². The van der Waals surface area contributed by atoms with Crippen molar-refractivity contribution in [1.82, 2.24) is 9.97 Å². The number of halogens is 2. The van der Waals surface area contributed by atoms with Crippen molar-refractivity contribution < 1.29 is 0 Å². The zero-order valence-electron chi connectivity index (χ0n) is 9.48. The van der Waals surface area contributed by atoms with Crippen LogP contribution >= 0.6 is 31.9 Å². The minimum Gasteiger partial charge on any atom is -0.384 e. The molecule has 0 aliphatic rings. The van der Waals surface area contributed by atoms with E-state index in [0.29, 0.717) is 12.2 Å². The number of aromatic nitrogens is 2. The number of nitrogens with two attached hydrogens (primary N) is 2. The van der Waals surface area contributed by atoms with Gasteiger partial charge in [0, 0.05) is 21.3 Å². The maximum Gasteiger partial charge on any atom is 0.123 e. The molecule has 0 bridgehead atoms. The Kier molecular flexibility index (Phi) is 4.31. The van der Waals surface area contributed by atoms with Gasteiger partial charge in [0.05, 0.1) is 11.7 Å². The number of nitrogens with zero attached hydrogens (tertiary/aromatic N) is 2. The third kappa shape index (κ3) is 3.28. The van der Waals surface area contributed by atoms with Gasteiger partial charge in [-0.05, 0) is 62.0 Å². The highest BCUT2D eigenvalue weighted by Crippen LogP contribution is 2.25. The molecule has 94 valence electrons. The van der Waals surface area contributed by atoms with E-state index in [0.717, 1.165) is 20.2 Å². The van der Waals surface area contributed by atoms with Crippen molar-refractivity contribution in [2.75, 3.05) is 5.73 Å². The summed E-state index contributed by atoms with van der Waals surface area (Å²) in [6, 6.07) is 5.48. The van der Waals surface area contributed by atoms with Crippen LogP contribution in [0.1, 0.15) is 17.3 Å². The first-order valence-electron chi connectivity index (χ1n) is 5.33. The lowest BCUT2D eigenvalue weighted by Crippen LogP contribution is -2.15. The van der Waals surface area contributed by atoms with Gasteiger partial charge in [0.15, 0.2) is 0 Å². The molecule has 0 spiro atoms. The Balaban J connectivity index is 2.19. The van der Waals surface area contributed by atoms with Crippen LogP contribution in [0.25, 0.3) is 0 Å². The Labute approximate surface area is 122 Å². The van der Waals surface area contributed by atoms with Gasteiger partial charge < -0.3 is 11.5 Å². The average Bonchev–Trinajstić information content (AvgIpc) is 2.28. The molecule has 0 aliphatic heterocycles. The van der Waals surface area contributed by atoms with Gasteiger partial charge in [0.2, 0.25) is 0 Å². The fourth-order valence-electron chi connectivity index (χ4n) is 1.67. The van der Waals surface area contributed by atoms with Crippen LogP contribution in [0, 0.1) is 0 Å². The van der Waals surface area contributed by atoms with Gasteiger partial charge in [-0.25, -0.2) is 4.98 Å². The number of pyridine rings is 2. The summed E-state index contributed by atoms with van der Waals surface area (Å²) in [6.07, 6.45) is 4.09. The highest BCUT2D eigenvalue weighted by Gasteiger charge is 2.13. The fourth-order valence-corrected chi connectivity index (χ4v) is 2.95. The monoisotopic (exact) mass is 370 g/mol. The van der Waals surface area contributed by atoms with Crippen LogP contribution in [0.15, 0.2) is 39.5 Å². The van der Waals surface area contributed by atoms with E-state index < -0.39 is 0 Å². The Morgan fingerprint density at radius 1 is 1.22 bits per heavy atom. The zero-order valence-corrected chi connectivity index (χ0v) is 12.6. The molecule has 6 heteroatoms. The average molecular weight is 372 g/mol. The molecular formula is C12H12Br2N4. The maximum absolute atomic E-state index is 6.16. The van der Waals surface area contributed by atoms with Crippen LogP contribution in [0.5, 0.6) is 0 Å². The molecule has 0 amide bonds. The summed E-state index contributed by atoms with van der Waals surface area (Å²) < 4.78 is 1.81. The Bertz CT molecular complexity index is 560. The largest absolute Gasteiger partial charge is 0.384 e. The topological polar surface area (TPSA) is 77.8 Å². The lowest BCUT2D eigenvalue weighted by Gasteiger charge is -2.13. The fraction of sp³-hybridized carbons (Fsp3) is 0.167. The molecule has 18 heavy (non-hydrogen) atoms. The van der Waals surface area contributed by atoms with Gasteiger partial charge in [0.25, 0.3) is 0 Å². The minimum atomic E-state index is -0.186. The first kappa shape index (κ1) is 13.5. The van der Waals surface area contributed by atoms with E-state index in [4.69, 9.17) is 11.5 Å². The molecule has 0 saturated heterocycles. The van der Waals surface area contributed by atoms with Gasteiger partial charge in [-0.2, -0.15) is 0 Å². The quantitative estimate of drug-likeness (QED) is 0.869. The molecule has 0 radical (unpaired) electrons. The lowest BCUT2D eigenvalue weighted by atomic mass is 10.0. The summed E-state index contributed by atoms with van der Waals surface area (Å²) in [7, 11) is 0. The molecule has 0 fully saturated rings. The second-order valence-electron chi connectivity index (χ2n) is 3.92. The predicted molar refractivity (Wildman–Crippen MR) is 78.9 cm³/mol. The lowest BCUT2D eigenvalue weighted by molar-refractivity contribution is 0.691. The van der Waals surface area contributed by atoms with Crippen LogP contribution in [0.2, 0.25) is 0 Å². The number of anilines is 1. The van der Waals surface area contributed by atoms with E-state index in [-0.39, 0.29) is 6.04 Å².